The largest absolute Gasteiger partial charge is 0.497 e. The van der Waals surface area contributed by atoms with E-state index in [1.807, 2.05) is 35.7 Å². The van der Waals surface area contributed by atoms with E-state index < -0.39 is 0 Å². The Morgan fingerprint density at radius 3 is 1.89 bits per heavy atom. The number of rotatable bonds is 6. The van der Waals surface area contributed by atoms with Gasteiger partial charge in [-0.1, -0.05) is 18.2 Å². The molecule has 0 radical (unpaired) electrons. The minimum absolute atomic E-state index is 0.915. The zero-order valence-corrected chi connectivity index (χ0v) is 12.0. The molecule has 94 valence electrons. The van der Waals surface area contributed by atoms with Gasteiger partial charge in [-0.05, 0) is 36.4 Å². The van der Waals surface area contributed by atoms with Gasteiger partial charge >= 0.3 is 0 Å². The molecule has 0 fully saturated rings. The van der Waals surface area contributed by atoms with Crippen molar-refractivity contribution in [2.75, 3.05) is 18.6 Å². The van der Waals surface area contributed by atoms with Gasteiger partial charge in [0.05, 0.1) is 7.11 Å². The molecule has 0 N–H and O–H groups in total. The smallest absolute Gasteiger partial charge is 0.118 e. The zero-order valence-electron chi connectivity index (χ0n) is 10.3. The van der Waals surface area contributed by atoms with Crippen LogP contribution in [0.2, 0.25) is 0 Å². The summed E-state index contributed by atoms with van der Waals surface area (Å²) < 4.78 is 5.14. The van der Waals surface area contributed by atoms with Crippen LogP contribution in [-0.2, 0) is 0 Å². The summed E-state index contributed by atoms with van der Waals surface area (Å²) in [6.45, 7) is 0. The molecule has 0 aliphatic heterocycles. The van der Waals surface area contributed by atoms with Crippen molar-refractivity contribution in [1.82, 2.24) is 0 Å². The number of benzene rings is 2. The van der Waals surface area contributed by atoms with E-state index in [1.165, 1.54) is 9.79 Å². The molecule has 0 saturated heterocycles. The molecule has 0 aliphatic carbocycles. The summed E-state index contributed by atoms with van der Waals surface area (Å²) >= 11 is 3.78. The normalized spacial score (nSPS) is 10.3. The van der Waals surface area contributed by atoms with E-state index in [9.17, 15) is 0 Å². The molecular weight excluding hydrogens is 260 g/mol. The van der Waals surface area contributed by atoms with E-state index in [1.54, 1.807) is 7.11 Å². The number of thioether (sulfide) groups is 2. The molecular formula is C15H16OS2. The van der Waals surface area contributed by atoms with E-state index >= 15 is 0 Å². The molecule has 2 aromatic rings. The lowest BCUT2D eigenvalue weighted by Crippen LogP contribution is -1.85. The first-order valence-electron chi connectivity index (χ1n) is 5.83. The number of methoxy groups -OCH3 is 1. The lowest BCUT2D eigenvalue weighted by atomic mass is 10.3. The van der Waals surface area contributed by atoms with Crippen molar-refractivity contribution < 1.29 is 4.74 Å². The van der Waals surface area contributed by atoms with Crippen LogP contribution >= 0.6 is 23.5 Å². The Morgan fingerprint density at radius 2 is 1.33 bits per heavy atom. The Labute approximate surface area is 117 Å². The maximum Gasteiger partial charge on any atom is 0.118 e. The van der Waals surface area contributed by atoms with Crippen molar-refractivity contribution in [1.29, 1.82) is 0 Å². The molecule has 0 aliphatic rings. The Kier molecular flexibility index (Phi) is 5.49. The zero-order chi connectivity index (χ0) is 12.6. The Hall–Kier alpha value is -1.06. The molecule has 0 unspecified atom stereocenters. The second kappa shape index (κ2) is 7.39. The third-order valence-corrected chi connectivity index (χ3v) is 4.71. The van der Waals surface area contributed by atoms with Gasteiger partial charge in [0.2, 0.25) is 0 Å². The van der Waals surface area contributed by atoms with Crippen LogP contribution in [0.1, 0.15) is 0 Å². The SMILES string of the molecule is COc1ccc(SCCSc2ccccc2)cc1. The summed E-state index contributed by atoms with van der Waals surface area (Å²) in [5, 5.41) is 0. The molecule has 0 bridgehead atoms. The van der Waals surface area contributed by atoms with Crippen LogP contribution < -0.4 is 4.74 Å². The van der Waals surface area contributed by atoms with Gasteiger partial charge in [-0.2, -0.15) is 0 Å². The van der Waals surface area contributed by atoms with Crippen molar-refractivity contribution in [2.45, 2.75) is 9.79 Å². The average molecular weight is 276 g/mol. The van der Waals surface area contributed by atoms with Crippen LogP contribution in [0.25, 0.3) is 0 Å². The van der Waals surface area contributed by atoms with Crippen LogP contribution in [0.5, 0.6) is 5.75 Å². The van der Waals surface area contributed by atoms with E-state index in [-0.39, 0.29) is 0 Å². The van der Waals surface area contributed by atoms with E-state index in [2.05, 4.69) is 42.5 Å². The number of ether oxygens (including phenoxy) is 1. The Morgan fingerprint density at radius 1 is 0.778 bits per heavy atom. The quantitative estimate of drug-likeness (QED) is 0.564. The highest BCUT2D eigenvalue weighted by molar-refractivity contribution is 8.03. The molecule has 1 nitrogen and oxygen atoms in total. The number of hydrogen-bond donors (Lipinski definition) is 0. The molecule has 0 heterocycles. The minimum Gasteiger partial charge on any atom is -0.497 e. The Bertz CT molecular complexity index is 454. The second-order valence-electron chi connectivity index (χ2n) is 3.69. The maximum atomic E-state index is 5.14. The number of hydrogen-bond acceptors (Lipinski definition) is 3. The highest BCUT2D eigenvalue weighted by Crippen LogP contribution is 2.24. The highest BCUT2D eigenvalue weighted by atomic mass is 32.2. The molecule has 3 heteroatoms. The minimum atomic E-state index is 0.915. The van der Waals surface area contributed by atoms with Gasteiger partial charge in [-0.25, -0.2) is 0 Å². The summed E-state index contributed by atoms with van der Waals surface area (Å²) in [6.07, 6.45) is 0. The van der Waals surface area contributed by atoms with Gasteiger partial charge in [-0.15, -0.1) is 23.5 Å². The summed E-state index contributed by atoms with van der Waals surface area (Å²) in [6, 6.07) is 18.8. The molecule has 0 aromatic heterocycles. The predicted octanol–water partition coefficient (Wildman–Crippen LogP) is 4.58. The van der Waals surface area contributed by atoms with Crippen LogP contribution in [0.3, 0.4) is 0 Å². The molecule has 0 amide bonds. The molecule has 2 rings (SSSR count). The summed E-state index contributed by atoms with van der Waals surface area (Å²) in [4.78, 5) is 2.64. The standard InChI is InChI=1S/C15H16OS2/c1-16-13-7-9-15(10-8-13)18-12-11-17-14-5-3-2-4-6-14/h2-10H,11-12H2,1H3. The predicted molar refractivity (Wildman–Crippen MR) is 80.9 cm³/mol. The third kappa shape index (κ3) is 4.31. The van der Waals surface area contributed by atoms with Gasteiger partial charge < -0.3 is 4.74 Å². The van der Waals surface area contributed by atoms with Gasteiger partial charge in [0, 0.05) is 21.3 Å². The highest BCUT2D eigenvalue weighted by Gasteiger charge is 1.96. The maximum absolute atomic E-state index is 5.14. The van der Waals surface area contributed by atoms with E-state index in [0.717, 1.165) is 17.3 Å². The lowest BCUT2D eigenvalue weighted by Gasteiger charge is -2.03. The first-order chi connectivity index (χ1) is 8.88. The second-order valence-corrected chi connectivity index (χ2v) is 6.02. The van der Waals surface area contributed by atoms with Gasteiger partial charge in [0.1, 0.15) is 5.75 Å². The first-order valence-corrected chi connectivity index (χ1v) is 7.80. The summed E-state index contributed by atoms with van der Waals surface area (Å²) in [5.74, 6) is 3.16. The summed E-state index contributed by atoms with van der Waals surface area (Å²) in [7, 11) is 1.69. The van der Waals surface area contributed by atoms with E-state index in [4.69, 9.17) is 4.74 Å². The lowest BCUT2D eigenvalue weighted by molar-refractivity contribution is 0.414. The first kappa shape index (κ1) is 13.4. The third-order valence-electron chi connectivity index (χ3n) is 2.42. The fraction of sp³-hybridized carbons (Fsp3) is 0.200. The fourth-order valence-corrected chi connectivity index (χ4v) is 3.32. The molecule has 0 spiro atoms. The molecule has 0 saturated carbocycles. The Balaban J connectivity index is 1.72. The van der Waals surface area contributed by atoms with Crippen molar-refractivity contribution in [3.05, 3.63) is 54.6 Å². The van der Waals surface area contributed by atoms with Crippen molar-refractivity contribution in [3.63, 3.8) is 0 Å². The molecule has 18 heavy (non-hydrogen) atoms. The monoisotopic (exact) mass is 276 g/mol. The van der Waals surface area contributed by atoms with E-state index in [0.29, 0.717) is 0 Å². The topological polar surface area (TPSA) is 9.23 Å². The van der Waals surface area contributed by atoms with Crippen molar-refractivity contribution >= 4 is 23.5 Å². The van der Waals surface area contributed by atoms with Crippen LogP contribution in [0.15, 0.2) is 64.4 Å². The van der Waals surface area contributed by atoms with Gasteiger partial charge in [0.15, 0.2) is 0 Å². The molecule has 0 atom stereocenters. The van der Waals surface area contributed by atoms with Crippen LogP contribution in [0.4, 0.5) is 0 Å². The van der Waals surface area contributed by atoms with Crippen molar-refractivity contribution in [3.8, 4) is 5.75 Å². The van der Waals surface area contributed by atoms with Crippen LogP contribution in [-0.4, -0.2) is 18.6 Å². The van der Waals surface area contributed by atoms with Crippen molar-refractivity contribution in [2.24, 2.45) is 0 Å². The van der Waals surface area contributed by atoms with Gasteiger partial charge in [0.25, 0.3) is 0 Å². The van der Waals surface area contributed by atoms with Gasteiger partial charge in [-0.3, -0.25) is 0 Å². The van der Waals surface area contributed by atoms with Crippen LogP contribution in [0, 0.1) is 0 Å². The fourth-order valence-electron chi connectivity index (χ4n) is 1.51. The average Bonchev–Trinajstić information content (AvgIpc) is 2.45. The molecule has 2 aromatic carbocycles. The summed E-state index contributed by atoms with van der Waals surface area (Å²) in [5.41, 5.74) is 0.